The average Bonchev–Trinajstić information content (AvgIpc) is 2.67. The first kappa shape index (κ1) is 19.9. The summed E-state index contributed by atoms with van der Waals surface area (Å²) in [6, 6.07) is 7.13. The molecule has 1 saturated heterocycles. The number of rotatable bonds is 4. The van der Waals surface area contributed by atoms with E-state index in [1.807, 2.05) is 0 Å². The molecule has 0 spiro atoms. The van der Waals surface area contributed by atoms with Gasteiger partial charge in [-0.3, -0.25) is 4.79 Å². The number of benzene rings is 2. The lowest BCUT2D eigenvalue weighted by atomic mass is 10.1. The van der Waals surface area contributed by atoms with Crippen molar-refractivity contribution in [2.45, 2.75) is 6.18 Å². The number of hydrogen-bond acceptors (Lipinski definition) is 4. The summed E-state index contributed by atoms with van der Waals surface area (Å²) in [7, 11) is 1.33. The first-order chi connectivity index (χ1) is 13.3. The normalized spacial score (nSPS) is 14.7. The predicted molar refractivity (Wildman–Crippen MR) is 95.4 cm³/mol. The fourth-order valence-corrected chi connectivity index (χ4v) is 2.89. The number of alkyl halides is 3. The van der Waals surface area contributed by atoms with Crippen LogP contribution < -0.4 is 15.0 Å². The van der Waals surface area contributed by atoms with Gasteiger partial charge in [0.15, 0.2) is 0 Å². The highest BCUT2D eigenvalue weighted by Gasteiger charge is 2.35. The van der Waals surface area contributed by atoms with Crippen molar-refractivity contribution >= 4 is 17.3 Å². The highest BCUT2D eigenvalue weighted by atomic mass is 19.4. The Kier molecular flexibility index (Phi) is 5.73. The number of nitrogens with one attached hydrogen (secondary N) is 1. The fraction of sp³-hybridized carbons (Fsp3) is 0.316. The van der Waals surface area contributed by atoms with Crippen molar-refractivity contribution in [1.29, 1.82) is 0 Å². The Morgan fingerprint density at radius 3 is 2.46 bits per heavy atom. The molecule has 1 aliphatic rings. The van der Waals surface area contributed by atoms with Gasteiger partial charge in [0.1, 0.15) is 11.6 Å². The summed E-state index contributed by atoms with van der Waals surface area (Å²) < 4.78 is 64.7. The van der Waals surface area contributed by atoms with Crippen molar-refractivity contribution < 1.29 is 31.8 Å². The molecule has 1 aliphatic heterocycles. The zero-order valence-corrected chi connectivity index (χ0v) is 15.0. The molecule has 3 rings (SSSR count). The highest BCUT2D eigenvalue weighted by Crippen LogP contribution is 2.37. The summed E-state index contributed by atoms with van der Waals surface area (Å²) in [5.74, 6) is -1.68. The second-order valence-corrected chi connectivity index (χ2v) is 6.13. The number of halogens is 4. The van der Waals surface area contributed by atoms with Crippen molar-refractivity contribution in [1.82, 2.24) is 0 Å². The van der Waals surface area contributed by atoms with Crippen molar-refractivity contribution in [3.05, 3.63) is 53.3 Å². The van der Waals surface area contributed by atoms with E-state index < -0.39 is 29.2 Å². The van der Waals surface area contributed by atoms with Crippen LogP contribution in [0.1, 0.15) is 15.9 Å². The lowest BCUT2D eigenvalue weighted by Crippen LogP contribution is -2.36. The molecular weight excluding hydrogens is 380 g/mol. The third-order valence-corrected chi connectivity index (χ3v) is 4.35. The van der Waals surface area contributed by atoms with Crippen LogP contribution in [0.2, 0.25) is 0 Å². The molecule has 0 unspecified atom stereocenters. The van der Waals surface area contributed by atoms with E-state index in [1.165, 1.54) is 25.3 Å². The van der Waals surface area contributed by atoms with Crippen LogP contribution in [0.3, 0.4) is 0 Å². The van der Waals surface area contributed by atoms with Crippen LogP contribution in [0.15, 0.2) is 36.4 Å². The fourth-order valence-electron chi connectivity index (χ4n) is 2.89. The molecule has 28 heavy (non-hydrogen) atoms. The van der Waals surface area contributed by atoms with E-state index in [-0.39, 0.29) is 11.3 Å². The molecule has 0 aliphatic carbocycles. The Bertz CT molecular complexity index is 865. The van der Waals surface area contributed by atoms with Crippen LogP contribution in [0.4, 0.5) is 28.9 Å². The molecule has 1 amide bonds. The molecule has 0 bridgehead atoms. The summed E-state index contributed by atoms with van der Waals surface area (Å²) in [5.41, 5.74) is -1.45. The second kappa shape index (κ2) is 8.05. The third kappa shape index (κ3) is 4.36. The zero-order chi connectivity index (χ0) is 20.3. The van der Waals surface area contributed by atoms with E-state index in [2.05, 4.69) is 5.32 Å². The molecular formula is C19H18F4N2O3. The standard InChI is InChI=1S/C19H18F4N2O3/c1-27-13-3-4-14(16(20)11-13)18(26)24-17-5-2-12(10-15(17)19(21,22)23)25-6-8-28-9-7-25/h2-5,10-11H,6-9H2,1H3,(H,24,26). The van der Waals surface area contributed by atoms with E-state index in [4.69, 9.17) is 9.47 Å². The third-order valence-electron chi connectivity index (χ3n) is 4.35. The minimum atomic E-state index is -4.69. The van der Waals surface area contributed by atoms with E-state index >= 15 is 0 Å². The van der Waals surface area contributed by atoms with E-state index in [0.717, 1.165) is 18.2 Å². The van der Waals surface area contributed by atoms with Crippen molar-refractivity contribution in [3.63, 3.8) is 0 Å². The van der Waals surface area contributed by atoms with Gasteiger partial charge in [0.25, 0.3) is 5.91 Å². The molecule has 0 saturated carbocycles. The maximum absolute atomic E-state index is 14.1. The Labute approximate surface area is 158 Å². The Hall–Kier alpha value is -2.81. The van der Waals surface area contributed by atoms with Gasteiger partial charge in [0, 0.05) is 24.8 Å². The first-order valence-electron chi connectivity index (χ1n) is 8.48. The Balaban J connectivity index is 1.89. The number of morpholine rings is 1. The highest BCUT2D eigenvalue weighted by molar-refractivity contribution is 6.05. The minimum Gasteiger partial charge on any atom is -0.497 e. The molecule has 9 heteroatoms. The van der Waals surface area contributed by atoms with Gasteiger partial charge < -0.3 is 19.7 Å². The number of nitrogens with zero attached hydrogens (tertiary/aromatic N) is 1. The van der Waals surface area contributed by atoms with Gasteiger partial charge in [0.2, 0.25) is 0 Å². The molecule has 1 fully saturated rings. The number of anilines is 2. The summed E-state index contributed by atoms with van der Waals surface area (Å²) >= 11 is 0. The molecule has 0 atom stereocenters. The predicted octanol–water partition coefficient (Wildman–Crippen LogP) is 3.94. The quantitative estimate of drug-likeness (QED) is 0.793. The summed E-state index contributed by atoms with van der Waals surface area (Å²) in [6.07, 6.45) is -4.69. The van der Waals surface area contributed by atoms with Crippen molar-refractivity contribution in [3.8, 4) is 5.75 Å². The number of ether oxygens (including phenoxy) is 2. The Morgan fingerprint density at radius 2 is 1.86 bits per heavy atom. The van der Waals surface area contributed by atoms with E-state index in [1.54, 1.807) is 4.90 Å². The van der Waals surface area contributed by atoms with Crippen LogP contribution in [-0.2, 0) is 10.9 Å². The largest absolute Gasteiger partial charge is 0.497 e. The number of amides is 1. The second-order valence-electron chi connectivity index (χ2n) is 6.13. The summed E-state index contributed by atoms with van der Waals surface area (Å²) in [6.45, 7) is 1.80. The zero-order valence-electron chi connectivity index (χ0n) is 15.0. The first-order valence-corrected chi connectivity index (χ1v) is 8.48. The van der Waals surface area contributed by atoms with Crippen LogP contribution in [0.25, 0.3) is 0 Å². The summed E-state index contributed by atoms with van der Waals surface area (Å²) in [4.78, 5) is 14.1. The van der Waals surface area contributed by atoms with Gasteiger partial charge in [-0.2, -0.15) is 13.2 Å². The molecule has 150 valence electrons. The van der Waals surface area contributed by atoms with Gasteiger partial charge in [-0.25, -0.2) is 4.39 Å². The minimum absolute atomic E-state index is 0.194. The molecule has 1 N–H and O–H groups in total. The average molecular weight is 398 g/mol. The lowest BCUT2D eigenvalue weighted by molar-refractivity contribution is -0.136. The molecule has 2 aromatic rings. The van der Waals surface area contributed by atoms with Gasteiger partial charge >= 0.3 is 6.18 Å². The lowest BCUT2D eigenvalue weighted by Gasteiger charge is -2.29. The van der Waals surface area contributed by atoms with Gasteiger partial charge in [-0.15, -0.1) is 0 Å². The Morgan fingerprint density at radius 1 is 1.14 bits per heavy atom. The topological polar surface area (TPSA) is 50.8 Å². The van der Waals surface area contributed by atoms with Crippen molar-refractivity contribution in [2.75, 3.05) is 43.6 Å². The molecule has 2 aromatic carbocycles. The number of methoxy groups -OCH3 is 1. The SMILES string of the molecule is COc1ccc(C(=O)Nc2ccc(N3CCOCC3)cc2C(F)(F)F)c(F)c1. The molecule has 0 aromatic heterocycles. The van der Waals surface area contributed by atoms with Gasteiger partial charge in [-0.05, 0) is 30.3 Å². The molecule has 5 nitrogen and oxygen atoms in total. The van der Waals surface area contributed by atoms with E-state index in [0.29, 0.717) is 32.0 Å². The maximum atomic E-state index is 14.1. The number of carbonyl (C=O) groups is 1. The monoisotopic (exact) mass is 398 g/mol. The molecule has 1 heterocycles. The van der Waals surface area contributed by atoms with Gasteiger partial charge in [0.05, 0.1) is 37.1 Å². The number of carbonyl (C=O) groups excluding carboxylic acids is 1. The smallest absolute Gasteiger partial charge is 0.418 e. The molecule has 0 radical (unpaired) electrons. The number of hydrogen-bond donors (Lipinski definition) is 1. The summed E-state index contributed by atoms with van der Waals surface area (Å²) in [5, 5.41) is 2.16. The van der Waals surface area contributed by atoms with Gasteiger partial charge in [-0.1, -0.05) is 0 Å². The van der Waals surface area contributed by atoms with Crippen LogP contribution in [-0.4, -0.2) is 39.3 Å². The maximum Gasteiger partial charge on any atom is 0.418 e. The van der Waals surface area contributed by atoms with Crippen LogP contribution >= 0.6 is 0 Å². The van der Waals surface area contributed by atoms with Crippen LogP contribution in [0.5, 0.6) is 5.75 Å². The van der Waals surface area contributed by atoms with E-state index in [9.17, 15) is 22.4 Å². The van der Waals surface area contributed by atoms with Crippen molar-refractivity contribution in [2.24, 2.45) is 0 Å². The van der Waals surface area contributed by atoms with Crippen LogP contribution in [0, 0.1) is 5.82 Å².